The van der Waals surface area contributed by atoms with Crippen LogP contribution in [0.2, 0.25) is 0 Å². The normalized spacial score (nSPS) is 11.0. The monoisotopic (exact) mass is 202 g/mol. The van der Waals surface area contributed by atoms with Crippen LogP contribution >= 0.6 is 12.2 Å². The van der Waals surface area contributed by atoms with E-state index >= 15 is 0 Å². The van der Waals surface area contributed by atoms with Crippen LogP contribution < -0.4 is 5.69 Å². The van der Waals surface area contributed by atoms with Crippen LogP contribution in [0.3, 0.4) is 0 Å². The van der Waals surface area contributed by atoms with Crippen molar-refractivity contribution >= 4 is 12.2 Å². The van der Waals surface area contributed by atoms with Gasteiger partial charge in [0.25, 0.3) is 0 Å². The number of hydrogen-bond acceptors (Lipinski definition) is 3. The minimum atomic E-state index is -0.163. The molecular weight excluding hydrogens is 188 g/mol. The van der Waals surface area contributed by atoms with E-state index in [1.165, 1.54) is 4.57 Å². The van der Waals surface area contributed by atoms with E-state index in [9.17, 15) is 4.79 Å². The van der Waals surface area contributed by atoms with Crippen molar-refractivity contribution in [2.45, 2.75) is 13.0 Å². The van der Waals surface area contributed by atoms with Gasteiger partial charge in [0.15, 0.2) is 4.77 Å². The van der Waals surface area contributed by atoms with Crippen molar-refractivity contribution in [1.82, 2.24) is 19.7 Å². The first-order valence-electron chi connectivity index (χ1n) is 4.13. The van der Waals surface area contributed by atoms with E-state index in [1.54, 1.807) is 0 Å². The molecule has 0 spiro atoms. The summed E-state index contributed by atoms with van der Waals surface area (Å²) in [5, 5.41) is 5.04. The Morgan fingerprint density at radius 2 is 2.15 bits per heavy atom. The van der Waals surface area contributed by atoms with E-state index in [0.29, 0.717) is 11.3 Å². The predicted molar refractivity (Wildman–Crippen MR) is 53.4 cm³/mol. The molecule has 0 atom stereocenters. The van der Waals surface area contributed by atoms with Gasteiger partial charge < -0.3 is 4.90 Å². The van der Waals surface area contributed by atoms with Gasteiger partial charge in [-0.25, -0.2) is 9.89 Å². The molecule has 0 radical (unpaired) electrons. The molecule has 1 heterocycles. The highest BCUT2D eigenvalue weighted by atomic mass is 32.1. The third-order valence-electron chi connectivity index (χ3n) is 1.75. The van der Waals surface area contributed by atoms with Crippen LogP contribution in [0.25, 0.3) is 0 Å². The quantitative estimate of drug-likeness (QED) is 0.685. The van der Waals surface area contributed by atoms with E-state index in [0.717, 1.165) is 13.0 Å². The molecule has 0 aromatic carbocycles. The number of rotatable bonds is 4. The lowest BCUT2D eigenvalue weighted by molar-refractivity contribution is 0.384. The topological polar surface area (TPSA) is 56.8 Å². The van der Waals surface area contributed by atoms with E-state index in [-0.39, 0.29) is 5.69 Å². The maximum atomic E-state index is 11.1. The van der Waals surface area contributed by atoms with E-state index in [4.69, 9.17) is 12.2 Å². The average Bonchev–Trinajstić information content (AvgIpc) is 2.34. The van der Waals surface area contributed by atoms with Crippen LogP contribution in [0.4, 0.5) is 0 Å². The number of nitrogens with one attached hydrogen (secondary N) is 2. The summed E-state index contributed by atoms with van der Waals surface area (Å²) in [6, 6.07) is 0. The molecule has 0 aliphatic carbocycles. The molecule has 0 unspecified atom stereocenters. The standard InChI is InChI=1S/C7H14N4OS/c1-10(2)4-3-5-11-6(12)8-9-7(11)13/h3-5H2,1-2H3,(H,8,12)(H,9,13). The molecule has 0 amide bonds. The maximum absolute atomic E-state index is 11.1. The van der Waals surface area contributed by atoms with Crippen molar-refractivity contribution in [2.75, 3.05) is 20.6 Å². The molecule has 0 aliphatic heterocycles. The summed E-state index contributed by atoms with van der Waals surface area (Å²) in [7, 11) is 4.00. The number of aromatic nitrogens is 3. The summed E-state index contributed by atoms with van der Waals surface area (Å²) in [6.45, 7) is 1.61. The molecule has 74 valence electrons. The lowest BCUT2D eigenvalue weighted by atomic mass is 10.4. The number of hydrogen-bond donors (Lipinski definition) is 2. The van der Waals surface area contributed by atoms with Gasteiger partial charge in [-0.2, -0.15) is 0 Å². The zero-order chi connectivity index (χ0) is 9.84. The summed E-state index contributed by atoms with van der Waals surface area (Å²) in [6.07, 6.45) is 0.919. The molecule has 5 nitrogen and oxygen atoms in total. The average molecular weight is 202 g/mol. The first kappa shape index (κ1) is 10.2. The van der Waals surface area contributed by atoms with Crippen molar-refractivity contribution < 1.29 is 0 Å². The first-order chi connectivity index (χ1) is 6.11. The minimum Gasteiger partial charge on any atom is -0.309 e. The highest BCUT2D eigenvalue weighted by Crippen LogP contribution is 1.88. The van der Waals surface area contributed by atoms with Gasteiger partial charge in [0, 0.05) is 6.54 Å². The van der Waals surface area contributed by atoms with Gasteiger partial charge in [-0.05, 0) is 39.3 Å². The fraction of sp³-hybridized carbons (Fsp3) is 0.714. The van der Waals surface area contributed by atoms with Gasteiger partial charge in [-0.15, -0.1) is 0 Å². The van der Waals surface area contributed by atoms with E-state index in [1.807, 2.05) is 14.1 Å². The van der Waals surface area contributed by atoms with Gasteiger partial charge in [0.2, 0.25) is 0 Å². The van der Waals surface area contributed by atoms with Gasteiger partial charge >= 0.3 is 5.69 Å². The summed E-state index contributed by atoms with van der Waals surface area (Å²) >= 11 is 4.91. The number of H-pyrrole nitrogens is 2. The molecule has 0 saturated heterocycles. The number of aromatic amines is 2. The lowest BCUT2D eigenvalue weighted by Gasteiger charge is -2.08. The Hall–Kier alpha value is -0.880. The Bertz CT molecular complexity index is 334. The highest BCUT2D eigenvalue weighted by molar-refractivity contribution is 7.71. The molecule has 0 fully saturated rings. The molecule has 0 aliphatic rings. The van der Waals surface area contributed by atoms with Gasteiger partial charge in [-0.3, -0.25) is 9.67 Å². The summed E-state index contributed by atoms with van der Waals surface area (Å²) < 4.78 is 1.99. The van der Waals surface area contributed by atoms with E-state index < -0.39 is 0 Å². The molecule has 1 rings (SSSR count). The summed E-state index contributed by atoms with van der Waals surface area (Å²) in [4.78, 5) is 13.2. The van der Waals surface area contributed by atoms with Crippen molar-refractivity contribution in [3.05, 3.63) is 15.3 Å². The van der Waals surface area contributed by atoms with Crippen LogP contribution in [-0.4, -0.2) is 40.3 Å². The first-order valence-corrected chi connectivity index (χ1v) is 4.54. The summed E-state index contributed by atoms with van der Waals surface area (Å²) in [5.74, 6) is 0. The molecule has 1 aromatic heterocycles. The van der Waals surface area contributed by atoms with Gasteiger partial charge in [-0.1, -0.05) is 0 Å². The third-order valence-corrected chi connectivity index (χ3v) is 2.08. The minimum absolute atomic E-state index is 0.163. The zero-order valence-corrected chi connectivity index (χ0v) is 8.65. The maximum Gasteiger partial charge on any atom is 0.342 e. The van der Waals surface area contributed by atoms with Crippen molar-refractivity contribution in [2.24, 2.45) is 0 Å². The van der Waals surface area contributed by atoms with Crippen molar-refractivity contribution in [3.8, 4) is 0 Å². The predicted octanol–water partition coefficient (Wildman–Crippen LogP) is 0.186. The molecule has 1 aromatic rings. The smallest absolute Gasteiger partial charge is 0.309 e. The van der Waals surface area contributed by atoms with Crippen LogP contribution in [0, 0.1) is 4.77 Å². The van der Waals surface area contributed by atoms with E-state index in [2.05, 4.69) is 15.1 Å². The van der Waals surface area contributed by atoms with Crippen molar-refractivity contribution in [1.29, 1.82) is 0 Å². The number of nitrogens with zero attached hydrogens (tertiary/aromatic N) is 2. The Balaban J connectivity index is 2.55. The molecule has 2 N–H and O–H groups in total. The second-order valence-electron chi connectivity index (χ2n) is 3.17. The molecule has 13 heavy (non-hydrogen) atoms. The Kier molecular flexibility index (Phi) is 3.44. The van der Waals surface area contributed by atoms with Crippen LogP contribution in [0.5, 0.6) is 0 Å². The lowest BCUT2D eigenvalue weighted by Crippen LogP contribution is -2.20. The molecule has 0 bridgehead atoms. The highest BCUT2D eigenvalue weighted by Gasteiger charge is 1.99. The molecule has 0 saturated carbocycles. The van der Waals surface area contributed by atoms with Gasteiger partial charge in [0.1, 0.15) is 0 Å². The SMILES string of the molecule is CN(C)CCCn1c(=O)[nH][nH]c1=S. The largest absolute Gasteiger partial charge is 0.342 e. The Morgan fingerprint density at radius 1 is 1.46 bits per heavy atom. The third kappa shape index (κ3) is 2.82. The fourth-order valence-electron chi connectivity index (χ4n) is 1.08. The van der Waals surface area contributed by atoms with Gasteiger partial charge in [0.05, 0.1) is 0 Å². The Labute approximate surface area is 81.4 Å². The van der Waals surface area contributed by atoms with Crippen LogP contribution in [0.15, 0.2) is 4.79 Å². The second kappa shape index (κ2) is 4.38. The van der Waals surface area contributed by atoms with Crippen LogP contribution in [0.1, 0.15) is 6.42 Å². The fourth-order valence-corrected chi connectivity index (χ4v) is 1.31. The zero-order valence-electron chi connectivity index (χ0n) is 7.83. The summed E-state index contributed by atoms with van der Waals surface area (Å²) in [5.41, 5.74) is -0.163. The van der Waals surface area contributed by atoms with Crippen LogP contribution in [-0.2, 0) is 6.54 Å². The Morgan fingerprint density at radius 3 is 2.62 bits per heavy atom. The molecular formula is C7H14N4OS. The van der Waals surface area contributed by atoms with Crippen molar-refractivity contribution in [3.63, 3.8) is 0 Å². The second-order valence-corrected chi connectivity index (χ2v) is 3.56. The molecule has 6 heteroatoms.